The van der Waals surface area contributed by atoms with Crippen molar-refractivity contribution >= 4 is 17.5 Å². The predicted molar refractivity (Wildman–Crippen MR) is 102 cm³/mol. The Hall–Kier alpha value is -3.02. The molecule has 0 bridgehead atoms. The van der Waals surface area contributed by atoms with Crippen LogP contribution < -0.4 is 20.1 Å². The summed E-state index contributed by atoms with van der Waals surface area (Å²) in [5.74, 6) is 0.881. The van der Waals surface area contributed by atoms with E-state index < -0.39 is 0 Å². The van der Waals surface area contributed by atoms with Gasteiger partial charge in [-0.15, -0.1) is 0 Å². The Labute approximate surface area is 157 Å². The molecule has 6 nitrogen and oxygen atoms in total. The molecule has 2 N–H and O–H groups in total. The normalized spacial score (nSPS) is 16.0. The van der Waals surface area contributed by atoms with Gasteiger partial charge in [0.15, 0.2) is 11.5 Å². The van der Waals surface area contributed by atoms with E-state index in [0.29, 0.717) is 41.5 Å². The monoisotopic (exact) mass is 366 g/mol. The second-order valence-corrected chi connectivity index (χ2v) is 6.85. The Morgan fingerprint density at radius 2 is 1.56 bits per heavy atom. The van der Waals surface area contributed by atoms with E-state index in [0.717, 1.165) is 25.7 Å². The molecular formula is C21H22N2O4. The number of rotatable bonds is 4. The highest BCUT2D eigenvalue weighted by atomic mass is 16.6. The van der Waals surface area contributed by atoms with Crippen molar-refractivity contribution in [3.8, 4) is 11.5 Å². The van der Waals surface area contributed by atoms with Crippen molar-refractivity contribution in [1.82, 2.24) is 5.32 Å². The van der Waals surface area contributed by atoms with Crippen LogP contribution in [0.25, 0.3) is 0 Å². The van der Waals surface area contributed by atoms with Gasteiger partial charge in [0.05, 0.1) is 0 Å². The van der Waals surface area contributed by atoms with Crippen molar-refractivity contribution in [2.75, 3.05) is 18.5 Å². The minimum Gasteiger partial charge on any atom is -0.486 e. The van der Waals surface area contributed by atoms with Crippen LogP contribution in [0.15, 0.2) is 42.5 Å². The van der Waals surface area contributed by atoms with Gasteiger partial charge >= 0.3 is 0 Å². The van der Waals surface area contributed by atoms with Crippen LogP contribution in [0.1, 0.15) is 46.4 Å². The largest absolute Gasteiger partial charge is 0.486 e. The quantitative estimate of drug-likeness (QED) is 0.870. The van der Waals surface area contributed by atoms with Gasteiger partial charge in [0.2, 0.25) is 0 Å². The van der Waals surface area contributed by atoms with Gasteiger partial charge in [-0.25, -0.2) is 0 Å². The lowest BCUT2D eigenvalue weighted by atomic mass is 10.1. The predicted octanol–water partition coefficient (Wildman–Crippen LogP) is 3.38. The highest BCUT2D eigenvalue weighted by molar-refractivity contribution is 6.06. The summed E-state index contributed by atoms with van der Waals surface area (Å²) in [6.07, 6.45) is 4.36. The van der Waals surface area contributed by atoms with Crippen molar-refractivity contribution < 1.29 is 19.1 Å². The molecule has 6 heteroatoms. The summed E-state index contributed by atoms with van der Waals surface area (Å²) in [6.45, 7) is 1.01. The van der Waals surface area contributed by atoms with E-state index in [9.17, 15) is 9.59 Å². The van der Waals surface area contributed by atoms with E-state index in [1.807, 2.05) is 0 Å². The first-order valence-corrected chi connectivity index (χ1v) is 9.31. The zero-order valence-electron chi connectivity index (χ0n) is 15.0. The summed E-state index contributed by atoms with van der Waals surface area (Å²) >= 11 is 0. The highest BCUT2D eigenvalue weighted by Crippen LogP contribution is 2.32. The van der Waals surface area contributed by atoms with Crippen molar-refractivity contribution in [3.05, 3.63) is 53.6 Å². The fourth-order valence-electron chi connectivity index (χ4n) is 3.46. The van der Waals surface area contributed by atoms with Crippen LogP contribution in [0.2, 0.25) is 0 Å². The number of nitrogens with one attached hydrogen (secondary N) is 2. The zero-order valence-corrected chi connectivity index (χ0v) is 15.0. The molecule has 4 rings (SSSR count). The number of fused-ring (bicyclic) bond motifs is 1. The maximum absolute atomic E-state index is 12.6. The molecule has 2 aromatic carbocycles. The van der Waals surface area contributed by atoms with Gasteiger partial charge < -0.3 is 20.1 Å². The standard InChI is InChI=1S/C21H22N2O4/c24-20(22-16-6-1-2-7-16)14-4-3-5-15(12-14)21(25)23-17-8-9-18-19(13-17)27-11-10-26-18/h3-5,8-9,12-13,16H,1-2,6-7,10-11H2,(H,22,24)(H,23,25). The van der Waals surface area contributed by atoms with Gasteiger partial charge in [0.25, 0.3) is 11.8 Å². The second kappa shape index (κ2) is 7.70. The smallest absolute Gasteiger partial charge is 0.255 e. The molecule has 1 saturated carbocycles. The Kier molecular flexibility index (Phi) is 4.96. The highest BCUT2D eigenvalue weighted by Gasteiger charge is 2.19. The number of amides is 2. The van der Waals surface area contributed by atoms with Gasteiger partial charge in [-0.1, -0.05) is 18.9 Å². The van der Waals surface area contributed by atoms with Crippen LogP contribution in [0.5, 0.6) is 11.5 Å². The molecule has 27 heavy (non-hydrogen) atoms. The fraction of sp³-hybridized carbons (Fsp3) is 0.333. The average Bonchev–Trinajstić information content (AvgIpc) is 3.21. The molecule has 0 aromatic heterocycles. The third-order valence-corrected chi connectivity index (χ3v) is 4.88. The molecule has 2 aliphatic rings. The maximum Gasteiger partial charge on any atom is 0.255 e. The number of hydrogen-bond donors (Lipinski definition) is 2. The Balaban J connectivity index is 1.45. The first-order chi connectivity index (χ1) is 13.2. The molecule has 0 radical (unpaired) electrons. The molecule has 0 unspecified atom stereocenters. The van der Waals surface area contributed by atoms with Crippen LogP contribution in [0.3, 0.4) is 0 Å². The molecule has 2 amide bonds. The molecule has 140 valence electrons. The lowest BCUT2D eigenvalue weighted by Gasteiger charge is -2.19. The van der Waals surface area contributed by atoms with Crippen LogP contribution >= 0.6 is 0 Å². The van der Waals surface area contributed by atoms with Gasteiger partial charge in [-0.2, -0.15) is 0 Å². The van der Waals surface area contributed by atoms with Crippen LogP contribution in [-0.2, 0) is 0 Å². The van der Waals surface area contributed by atoms with E-state index in [4.69, 9.17) is 9.47 Å². The van der Waals surface area contributed by atoms with Crippen LogP contribution in [-0.4, -0.2) is 31.1 Å². The number of ether oxygens (including phenoxy) is 2. The molecule has 1 heterocycles. The van der Waals surface area contributed by atoms with Crippen molar-refractivity contribution in [1.29, 1.82) is 0 Å². The Morgan fingerprint density at radius 3 is 2.33 bits per heavy atom. The number of hydrogen-bond acceptors (Lipinski definition) is 4. The second-order valence-electron chi connectivity index (χ2n) is 6.85. The number of benzene rings is 2. The van der Waals surface area contributed by atoms with Crippen molar-refractivity contribution in [2.45, 2.75) is 31.7 Å². The van der Waals surface area contributed by atoms with E-state index in [1.165, 1.54) is 0 Å². The molecule has 0 saturated heterocycles. The van der Waals surface area contributed by atoms with E-state index in [-0.39, 0.29) is 17.9 Å². The van der Waals surface area contributed by atoms with E-state index in [1.54, 1.807) is 42.5 Å². The first kappa shape index (κ1) is 17.4. The maximum atomic E-state index is 12.6. The van der Waals surface area contributed by atoms with E-state index >= 15 is 0 Å². The summed E-state index contributed by atoms with van der Waals surface area (Å²) in [6, 6.07) is 12.3. The molecule has 1 aliphatic heterocycles. The number of carbonyl (C=O) groups is 2. The summed E-state index contributed by atoms with van der Waals surface area (Å²) in [4.78, 5) is 25.0. The third-order valence-electron chi connectivity index (χ3n) is 4.88. The van der Waals surface area contributed by atoms with Crippen LogP contribution in [0.4, 0.5) is 5.69 Å². The lowest BCUT2D eigenvalue weighted by molar-refractivity contribution is 0.0938. The SMILES string of the molecule is O=C(Nc1ccc2c(c1)OCCO2)c1cccc(C(=O)NC2CCCC2)c1. The molecule has 0 spiro atoms. The van der Waals surface area contributed by atoms with Crippen molar-refractivity contribution in [2.24, 2.45) is 0 Å². The molecular weight excluding hydrogens is 344 g/mol. The molecule has 1 aliphatic carbocycles. The average molecular weight is 366 g/mol. The van der Waals surface area contributed by atoms with Crippen molar-refractivity contribution in [3.63, 3.8) is 0 Å². The minimum absolute atomic E-state index is 0.129. The van der Waals surface area contributed by atoms with Crippen LogP contribution in [0, 0.1) is 0 Å². The third kappa shape index (κ3) is 4.05. The minimum atomic E-state index is -0.276. The van der Waals surface area contributed by atoms with Gasteiger partial charge in [0, 0.05) is 28.9 Å². The Morgan fingerprint density at radius 1 is 0.852 bits per heavy atom. The molecule has 0 atom stereocenters. The number of anilines is 1. The summed E-state index contributed by atoms with van der Waals surface area (Å²) in [7, 11) is 0. The molecule has 1 fully saturated rings. The van der Waals surface area contributed by atoms with E-state index in [2.05, 4.69) is 10.6 Å². The number of carbonyl (C=O) groups excluding carboxylic acids is 2. The molecule has 2 aromatic rings. The lowest BCUT2D eigenvalue weighted by Crippen LogP contribution is -2.32. The summed E-state index contributed by atoms with van der Waals surface area (Å²) in [5, 5.41) is 5.89. The first-order valence-electron chi connectivity index (χ1n) is 9.31. The zero-order chi connectivity index (χ0) is 18.6. The topological polar surface area (TPSA) is 76.7 Å². The van der Waals surface area contributed by atoms with Gasteiger partial charge in [0.1, 0.15) is 13.2 Å². The Bertz CT molecular complexity index is 859. The van der Waals surface area contributed by atoms with Gasteiger partial charge in [-0.3, -0.25) is 9.59 Å². The van der Waals surface area contributed by atoms with Gasteiger partial charge in [-0.05, 0) is 43.2 Å². The summed E-state index contributed by atoms with van der Waals surface area (Å²) < 4.78 is 11.0. The fourth-order valence-corrected chi connectivity index (χ4v) is 3.46. The summed E-state index contributed by atoms with van der Waals surface area (Å²) in [5.41, 5.74) is 1.55.